The number of carbonyl (C=O) groups is 3. The molecule has 1 aliphatic rings. The van der Waals surface area contributed by atoms with Crippen molar-refractivity contribution < 1.29 is 85.6 Å². The molecule has 3 heterocycles. The molecule has 29 heteroatoms. The third kappa shape index (κ3) is 22.8. The van der Waals surface area contributed by atoms with E-state index in [1.165, 1.54) is 13.8 Å². The van der Waals surface area contributed by atoms with Crippen molar-refractivity contribution in [2.45, 2.75) is 147 Å². The van der Waals surface area contributed by atoms with Crippen LogP contribution in [-0.4, -0.2) is 134 Å². The molecule has 11 N–H and O–H groups in total. The summed E-state index contributed by atoms with van der Waals surface area (Å²) in [5.74, 6) is -1.07. The Balaban J connectivity index is 1.28. The van der Waals surface area contributed by atoms with E-state index in [2.05, 4.69) is 65.6 Å². The van der Waals surface area contributed by atoms with Gasteiger partial charge in [-0.25, -0.2) is 28.6 Å². The van der Waals surface area contributed by atoms with E-state index in [1.54, 1.807) is 0 Å². The molecule has 0 aliphatic carbocycles. The van der Waals surface area contributed by atoms with Crippen LogP contribution < -0.4 is 16.4 Å². The number of phosphoric acid groups is 3. The Morgan fingerprint density at radius 1 is 0.900 bits per heavy atom. The number of carbonyl (C=O) groups excluding carboxylic acids is 3. The number of aliphatic hydroxyl groups excluding tert-OH is 3. The summed E-state index contributed by atoms with van der Waals surface area (Å²) in [6, 6.07) is 0. The number of rotatable bonds is 35. The van der Waals surface area contributed by atoms with E-state index in [0.717, 1.165) is 99.6 Å². The Labute approximate surface area is 411 Å². The van der Waals surface area contributed by atoms with Crippen molar-refractivity contribution >= 4 is 69.1 Å². The molecule has 25 nitrogen and oxygen atoms in total. The van der Waals surface area contributed by atoms with E-state index in [-0.39, 0.29) is 47.7 Å². The zero-order chi connectivity index (χ0) is 52.0. The number of nitrogens with one attached hydrogen (secondary N) is 2. The predicted molar refractivity (Wildman–Crippen MR) is 257 cm³/mol. The van der Waals surface area contributed by atoms with E-state index < -0.39 is 84.6 Å². The van der Waals surface area contributed by atoms with Gasteiger partial charge in [-0.2, -0.15) is 4.31 Å². The standard InChI is InChI=1S/C41H70N7O18P3S/c1-4-5-6-15-18-29(49)19-16-13-11-9-7-8-10-12-14-17-20-32(51)70-24-23-43-31(50)21-22-44-39(54)36(53)41(2,3)26-63-69(60,61)66-68(58,59)62-25-30-35(65-67(55,56)57)34(52)40(64-30)48-28-47-33-37(42)45-27-46-38(33)48/h5-6,13,16,27-30,34-36,40,49,52-53H,4,7-12,14-15,17-26H2,1-3H3,(H,43,50)(H,44,54)(H,58,59)(H,60,61)(H2,42,45,46)(H2,55,56,57)/b6-5-,16-13-/t29-,30-,34-,35-,36+,40-/m1/s1. The number of nitrogen functional groups attached to an aromatic ring is 1. The lowest BCUT2D eigenvalue weighted by atomic mass is 9.87. The highest BCUT2D eigenvalue weighted by molar-refractivity contribution is 8.13. The first-order valence-corrected chi connectivity index (χ1v) is 28.5. The van der Waals surface area contributed by atoms with Gasteiger partial charge in [0.15, 0.2) is 22.8 Å². The molecule has 0 aromatic carbocycles. The molecule has 8 atom stereocenters. The number of anilines is 1. The van der Waals surface area contributed by atoms with Gasteiger partial charge in [0.05, 0.1) is 25.6 Å². The van der Waals surface area contributed by atoms with Gasteiger partial charge in [0, 0.05) is 37.1 Å². The van der Waals surface area contributed by atoms with Crippen LogP contribution in [0.3, 0.4) is 0 Å². The predicted octanol–water partition coefficient (Wildman–Crippen LogP) is 4.23. The van der Waals surface area contributed by atoms with Gasteiger partial charge in [0.1, 0.15) is 36.3 Å². The fraction of sp³-hybridized carbons (Fsp3) is 0.707. The Morgan fingerprint density at radius 3 is 2.27 bits per heavy atom. The van der Waals surface area contributed by atoms with E-state index in [9.17, 15) is 63.0 Å². The smallest absolute Gasteiger partial charge is 0.393 e. The van der Waals surface area contributed by atoms with Gasteiger partial charge in [-0.15, -0.1) is 0 Å². The van der Waals surface area contributed by atoms with Crippen LogP contribution in [-0.2, 0) is 50.7 Å². The second-order valence-electron chi connectivity index (χ2n) is 17.1. The van der Waals surface area contributed by atoms with Crippen molar-refractivity contribution in [1.29, 1.82) is 0 Å². The van der Waals surface area contributed by atoms with Gasteiger partial charge in [0.2, 0.25) is 11.8 Å². The summed E-state index contributed by atoms with van der Waals surface area (Å²) < 4.78 is 62.4. The van der Waals surface area contributed by atoms with Crippen LogP contribution in [0.25, 0.3) is 11.2 Å². The van der Waals surface area contributed by atoms with Gasteiger partial charge in [0.25, 0.3) is 0 Å². The topological polar surface area (TPSA) is 384 Å². The number of allylic oxidation sites excluding steroid dienone is 3. The Hall–Kier alpha value is -3.00. The molecule has 1 aliphatic heterocycles. The number of phosphoric ester groups is 3. The van der Waals surface area contributed by atoms with Gasteiger partial charge in [-0.3, -0.25) is 32.5 Å². The first-order valence-electron chi connectivity index (χ1n) is 23.0. The molecule has 0 spiro atoms. The highest BCUT2D eigenvalue weighted by Crippen LogP contribution is 2.61. The molecule has 0 bridgehead atoms. The normalized spacial score (nSPS) is 20.4. The summed E-state index contributed by atoms with van der Waals surface area (Å²) in [5, 5.41) is 36.6. The molecule has 70 heavy (non-hydrogen) atoms. The van der Waals surface area contributed by atoms with E-state index in [1.807, 2.05) is 0 Å². The highest BCUT2D eigenvalue weighted by atomic mass is 32.2. The summed E-state index contributed by atoms with van der Waals surface area (Å²) in [4.78, 5) is 88.4. The van der Waals surface area contributed by atoms with Crippen LogP contribution in [0.2, 0.25) is 0 Å². The third-order valence-electron chi connectivity index (χ3n) is 10.7. The number of amides is 2. The van der Waals surface area contributed by atoms with Crippen molar-refractivity contribution in [3.63, 3.8) is 0 Å². The molecular formula is C41H70N7O18P3S. The van der Waals surface area contributed by atoms with Crippen molar-refractivity contribution in [1.82, 2.24) is 30.2 Å². The van der Waals surface area contributed by atoms with E-state index in [4.69, 9.17) is 19.5 Å². The maximum absolute atomic E-state index is 12.7. The molecule has 2 unspecified atom stereocenters. The number of ether oxygens (including phenoxy) is 1. The van der Waals surface area contributed by atoms with Crippen LogP contribution in [0.15, 0.2) is 37.0 Å². The molecule has 0 saturated carbocycles. The number of aromatic nitrogens is 4. The van der Waals surface area contributed by atoms with Crippen LogP contribution in [0, 0.1) is 5.41 Å². The van der Waals surface area contributed by atoms with Gasteiger partial charge in [-0.1, -0.05) is 88.9 Å². The third-order valence-corrected chi connectivity index (χ3v) is 14.7. The minimum absolute atomic E-state index is 0.0299. The average Bonchev–Trinajstić information content (AvgIpc) is 3.85. The van der Waals surface area contributed by atoms with Crippen LogP contribution in [0.4, 0.5) is 5.82 Å². The number of hydrogen-bond acceptors (Lipinski definition) is 19. The number of unbranched alkanes of at least 4 members (excludes halogenated alkanes) is 7. The second kappa shape index (κ2) is 30.3. The summed E-state index contributed by atoms with van der Waals surface area (Å²) in [6.07, 6.45) is 13.5. The number of fused-ring (bicyclic) bond motifs is 1. The lowest BCUT2D eigenvalue weighted by molar-refractivity contribution is -0.137. The van der Waals surface area contributed by atoms with Crippen molar-refractivity contribution in [3.8, 4) is 0 Å². The maximum atomic E-state index is 12.7. The van der Waals surface area contributed by atoms with Crippen molar-refractivity contribution in [3.05, 3.63) is 37.0 Å². The molecule has 3 rings (SSSR count). The van der Waals surface area contributed by atoms with Crippen LogP contribution in [0.1, 0.15) is 117 Å². The fourth-order valence-corrected chi connectivity index (χ4v) is 10.4. The number of imidazole rings is 1. The minimum Gasteiger partial charge on any atom is -0.393 e. The molecule has 0 radical (unpaired) electrons. The van der Waals surface area contributed by atoms with Gasteiger partial charge in [-0.05, 0) is 44.9 Å². The summed E-state index contributed by atoms with van der Waals surface area (Å²) in [5.41, 5.74) is 4.27. The monoisotopic (exact) mass is 1070 g/mol. The van der Waals surface area contributed by atoms with Crippen molar-refractivity contribution in [2.24, 2.45) is 5.41 Å². The molecule has 398 valence electrons. The zero-order valence-corrected chi connectivity index (χ0v) is 43.1. The summed E-state index contributed by atoms with van der Waals surface area (Å²) in [7, 11) is -16.4. The molecule has 2 aromatic heterocycles. The fourth-order valence-electron chi connectivity index (χ4n) is 6.84. The van der Waals surface area contributed by atoms with Crippen LogP contribution >= 0.6 is 35.2 Å². The SMILES string of the molecule is CC/C=C\CC[C@@H](O)C/C=C\CCCCCCCCCC(=O)SCCNC(=O)CCNC(=O)[C@H](O)C(C)(C)COP(=O)(O)OP(=O)(O)OC[C@H]1O[C@@H](n2cnc3c(N)ncnc32)[C@H](O)[C@@H]1OP(=O)(O)O. The zero-order valence-electron chi connectivity index (χ0n) is 39.6. The number of aliphatic hydroxyl groups is 3. The number of nitrogens with two attached hydrogens (primary N) is 1. The summed E-state index contributed by atoms with van der Waals surface area (Å²) >= 11 is 1.13. The summed E-state index contributed by atoms with van der Waals surface area (Å²) in [6.45, 7) is 2.61. The second-order valence-corrected chi connectivity index (χ2v) is 22.5. The molecule has 2 amide bonds. The lowest BCUT2D eigenvalue weighted by Crippen LogP contribution is -2.46. The number of nitrogens with zero attached hydrogens (tertiary/aromatic N) is 4. The number of hydrogen-bond donors (Lipinski definition) is 10. The minimum atomic E-state index is -5.58. The Morgan fingerprint density at radius 2 is 1.57 bits per heavy atom. The molecule has 1 fully saturated rings. The van der Waals surface area contributed by atoms with Crippen LogP contribution in [0.5, 0.6) is 0 Å². The molecular weight excluding hydrogens is 1000 g/mol. The number of thioether (sulfide) groups is 1. The van der Waals surface area contributed by atoms with Crippen molar-refractivity contribution in [2.75, 3.05) is 37.8 Å². The van der Waals surface area contributed by atoms with E-state index in [0.29, 0.717) is 18.6 Å². The Kier molecular flexibility index (Phi) is 26.5. The first-order chi connectivity index (χ1) is 32.9. The van der Waals surface area contributed by atoms with E-state index >= 15 is 0 Å². The highest BCUT2D eigenvalue weighted by Gasteiger charge is 2.50. The largest absolute Gasteiger partial charge is 0.481 e. The van der Waals surface area contributed by atoms with Gasteiger partial charge >= 0.3 is 23.5 Å². The average molecular weight is 1070 g/mol. The molecule has 2 aromatic rings. The lowest BCUT2D eigenvalue weighted by Gasteiger charge is -2.30. The first kappa shape index (κ1) is 61.3. The quantitative estimate of drug-likeness (QED) is 0.0262. The van der Waals surface area contributed by atoms with Gasteiger partial charge < -0.3 is 56.0 Å². The molecule has 1 saturated heterocycles. The Bertz CT molecular complexity index is 2160. The maximum Gasteiger partial charge on any atom is 0.481 e.